The summed E-state index contributed by atoms with van der Waals surface area (Å²) in [5.41, 5.74) is 2.97. The summed E-state index contributed by atoms with van der Waals surface area (Å²) in [6, 6.07) is 7.33. The summed E-state index contributed by atoms with van der Waals surface area (Å²) in [6.07, 6.45) is -1.67. The molecule has 0 aliphatic carbocycles. The maximum atomic E-state index is 13.1. The van der Waals surface area contributed by atoms with Gasteiger partial charge in [0.2, 0.25) is 0 Å². The Bertz CT molecular complexity index is 1040. The molecule has 1 aliphatic heterocycles. The van der Waals surface area contributed by atoms with Crippen molar-refractivity contribution in [3.8, 4) is 0 Å². The number of carbonyl (C=O) groups excluding carboxylic acids is 1. The highest BCUT2D eigenvalue weighted by molar-refractivity contribution is 7.15. The van der Waals surface area contributed by atoms with E-state index < -0.39 is 18.0 Å². The minimum Gasteiger partial charge on any atom is -0.371 e. The van der Waals surface area contributed by atoms with Crippen LogP contribution in [0.1, 0.15) is 49.4 Å². The van der Waals surface area contributed by atoms with E-state index in [9.17, 15) is 18.0 Å². The normalized spacial score (nSPS) is 18.5. The van der Waals surface area contributed by atoms with Gasteiger partial charge in [-0.1, -0.05) is 39.8 Å². The van der Waals surface area contributed by atoms with Crippen molar-refractivity contribution in [2.45, 2.75) is 46.8 Å². The molecule has 9 heteroatoms. The van der Waals surface area contributed by atoms with E-state index in [1.54, 1.807) is 16.2 Å². The van der Waals surface area contributed by atoms with Crippen LogP contribution in [0.2, 0.25) is 0 Å². The molecule has 0 bridgehead atoms. The van der Waals surface area contributed by atoms with Gasteiger partial charge in [0.25, 0.3) is 5.91 Å². The zero-order chi connectivity index (χ0) is 23.5. The summed E-state index contributed by atoms with van der Waals surface area (Å²) in [6.45, 7) is 8.32. The zero-order valence-electron chi connectivity index (χ0n) is 18.7. The van der Waals surface area contributed by atoms with Crippen LogP contribution in [0.15, 0.2) is 35.8 Å². The highest BCUT2D eigenvalue weighted by Gasteiger charge is 2.47. The molecular weight excluding hydrogens is 437 g/mol. The van der Waals surface area contributed by atoms with Crippen LogP contribution in [-0.4, -0.2) is 34.6 Å². The van der Waals surface area contributed by atoms with Gasteiger partial charge in [-0.3, -0.25) is 9.20 Å². The molecule has 3 heterocycles. The predicted octanol–water partition coefficient (Wildman–Crippen LogP) is 5.55. The largest absolute Gasteiger partial charge is 0.393 e. The van der Waals surface area contributed by atoms with Gasteiger partial charge >= 0.3 is 6.18 Å². The van der Waals surface area contributed by atoms with Gasteiger partial charge in [-0.2, -0.15) is 13.2 Å². The number of benzene rings is 1. The molecule has 0 spiro atoms. The Morgan fingerprint density at radius 2 is 1.91 bits per heavy atom. The van der Waals surface area contributed by atoms with E-state index in [-0.39, 0.29) is 12.5 Å². The van der Waals surface area contributed by atoms with E-state index in [1.807, 2.05) is 56.6 Å². The number of anilines is 1. The first-order chi connectivity index (χ1) is 15.3. The number of halogens is 3. The third kappa shape index (κ3) is 4.92. The molecule has 2 aromatic heterocycles. The topological polar surface area (TPSA) is 49.6 Å². The first kappa shape index (κ1) is 24.1. The fraction of sp³-hybridized carbons (Fsp3) is 0.478. The SMILES string of the molecule is CC.CCc1nc2sccn2c1C(=O)NCc1ccc(N2CC(C)C(C(F)(F)F)C2)cc1. The summed E-state index contributed by atoms with van der Waals surface area (Å²) >= 11 is 1.48. The van der Waals surface area contributed by atoms with Gasteiger partial charge in [0.05, 0.1) is 11.6 Å². The maximum absolute atomic E-state index is 13.1. The number of amides is 1. The third-order valence-electron chi connectivity index (χ3n) is 5.67. The average Bonchev–Trinajstić information content (AvgIpc) is 3.47. The number of hydrogen-bond donors (Lipinski definition) is 1. The summed E-state index contributed by atoms with van der Waals surface area (Å²) in [5, 5.41) is 4.81. The van der Waals surface area contributed by atoms with E-state index in [0.717, 1.165) is 21.9 Å². The lowest BCUT2D eigenvalue weighted by Crippen LogP contribution is -2.29. The fourth-order valence-electron chi connectivity index (χ4n) is 4.01. The Kier molecular flexibility index (Phi) is 7.48. The molecule has 2 atom stereocenters. The monoisotopic (exact) mass is 466 g/mol. The maximum Gasteiger partial charge on any atom is 0.393 e. The minimum absolute atomic E-state index is 0.0155. The number of aromatic nitrogens is 2. The predicted molar refractivity (Wildman–Crippen MR) is 122 cm³/mol. The summed E-state index contributed by atoms with van der Waals surface area (Å²) < 4.78 is 41.1. The van der Waals surface area contributed by atoms with Crippen molar-refractivity contribution >= 4 is 27.9 Å². The van der Waals surface area contributed by atoms with Crippen molar-refractivity contribution < 1.29 is 18.0 Å². The number of hydrogen-bond acceptors (Lipinski definition) is 4. The minimum atomic E-state index is -4.17. The smallest absolute Gasteiger partial charge is 0.371 e. The number of fused-ring (bicyclic) bond motifs is 1. The van der Waals surface area contributed by atoms with Crippen molar-refractivity contribution in [3.05, 3.63) is 52.8 Å². The van der Waals surface area contributed by atoms with E-state index in [2.05, 4.69) is 10.3 Å². The van der Waals surface area contributed by atoms with Gasteiger partial charge in [0.1, 0.15) is 5.69 Å². The molecule has 1 aliphatic rings. The Balaban J connectivity index is 0.00000141. The molecular formula is C23H29F3N4OS. The molecule has 32 heavy (non-hydrogen) atoms. The van der Waals surface area contributed by atoms with Gasteiger partial charge in [0.15, 0.2) is 4.96 Å². The van der Waals surface area contributed by atoms with E-state index in [0.29, 0.717) is 25.2 Å². The number of thiazole rings is 1. The molecule has 1 amide bonds. The highest BCUT2D eigenvalue weighted by Crippen LogP contribution is 2.38. The molecule has 1 N–H and O–H groups in total. The van der Waals surface area contributed by atoms with Crippen molar-refractivity contribution in [1.82, 2.24) is 14.7 Å². The van der Waals surface area contributed by atoms with Gasteiger partial charge in [-0.15, -0.1) is 11.3 Å². The average molecular weight is 467 g/mol. The van der Waals surface area contributed by atoms with Crippen LogP contribution >= 0.6 is 11.3 Å². The van der Waals surface area contributed by atoms with Crippen LogP contribution in [0.25, 0.3) is 4.96 Å². The van der Waals surface area contributed by atoms with E-state index >= 15 is 0 Å². The van der Waals surface area contributed by atoms with Gasteiger partial charge < -0.3 is 10.2 Å². The second kappa shape index (κ2) is 9.94. The molecule has 2 unspecified atom stereocenters. The Morgan fingerprint density at radius 1 is 1.22 bits per heavy atom. The third-order valence-corrected chi connectivity index (χ3v) is 6.43. The van der Waals surface area contributed by atoms with Gasteiger partial charge in [-0.05, 0) is 30.0 Å². The van der Waals surface area contributed by atoms with Crippen LogP contribution in [0, 0.1) is 11.8 Å². The number of aryl methyl sites for hydroxylation is 1. The molecule has 1 fully saturated rings. The first-order valence-electron chi connectivity index (χ1n) is 10.9. The molecule has 0 radical (unpaired) electrons. The number of alkyl halides is 3. The molecule has 5 nitrogen and oxygen atoms in total. The number of rotatable bonds is 5. The Hall–Kier alpha value is -2.55. The van der Waals surface area contributed by atoms with Crippen LogP contribution < -0.4 is 10.2 Å². The zero-order valence-corrected chi connectivity index (χ0v) is 19.6. The Labute approximate surface area is 190 Å². The lowest BCUT2D eigenvalue weighted by atomic mass is 9.98. The fourth-order valence-corrected chi connectivity index (χ4v) is 4.74. The highest BCUT2D eigenvalue weighted by atomic mass is 32.1. The van der Waals surface area contributed by atoms with E-state index in [4.69, 9.17) is 0 Å². The lowest BCUT2D eigenvalue weighted by molar-refractivity contribution is -0.177. The summed E-state index contributed by atoms with van der Waals surface area (Å²) in [5.74, 6) is -1.92. The quantitative estimate of drug-likeness (QED) is 0.536. The second-order valence-corrected chi connectivity index (χ2v) is 8.57. The van der Waals surface area contributed by atoms with Crippen LogP contribution in [0.5, 0.6) is 0 Å². The molecule has 1 saturated heterocycles. The second-order valence-electron chi connectivity index (χ2n) is 7.70. The van der Waals surface area contributed by atoms with Crippen molar-refractivity contribution in [1.29, 1.82) is 0 Å². The van der Waals surface area contributed by atoms with Crippen molar-refractivity contribution in [3.63, 3.8) is 0 Å². The van der Waals surface area contributed by atoms with Gasteiger partial charge in [0, 0.05) is 36.9 Å². The molecule has 3 aromatic rings. The number of nitrogens with zero attached hydrogens (tertiary/aromatic N) is 3. The van der Waals surface area contributed by atoms with Crippen LogP contribution in [0.3, 0.4) is 0 Å². The Morgan fingerprint density at radius 3 is 2.50 bits per heavy atom. The van der Waals surface area contributed by atoms with Crippen molar-refractivity contribution in [2.75, 3.05) is 18.0 Å². The number of nitrogens with one attached hydrogen (secondary N) is 1. The lowest BCUT2D eigenvalue weighted by Gasteiger charge is -2.20. The molecule has 4 rings (SSSR count). The number of imidazole rings is 1. The number of carbonyl (C=O) groups is 1. The first-order valence-corrected chi connectivity index (χ1v) is 11.8. The van der Waals surface area contributed by atoms with Crippen LogP contribution in [-0.2, 0) is 13.0 Å². The van der Waals surface area contributed by atoms with Crippen LogP contribution in [0.4, 0.5) is 18.9 Å². The summed E-state index contributed by atoms with van der Waals surface area (Å²) in [4.78, 5) is 19.8. The molecule has 1 aromatic carbocycles. The molecule has 0 saturated carbocycles. The molecule has 174 valence electrons. The standard InChI is InChI=1S/C21H23F3N4OS.C2H6/c1-3-17-18(28-8-9-30-20(28)26-17)19(29)25-10-14-4-6-15(7-5-14)27-11-13(2)16(12-27)21(22,23)24;1-2/h4-9,13,16H,3,10-12H2,1-2H3,(H,25,29);1-2H3. The van der Waals surface area contributed by atoms with Crippen molar-refractivity contribution in [2.24, 2.45) is 11.8 Å². The summed E-state index contributed by atoms with van der Waals surface area (Å²) in [7, 11) is 0. The van der Waals surface area contributed by atoms with E-state index in [1.165, 1.54) is 11.3 Å². The van der Waals surface area contributed by atoms with Gasteiger partial charge in [-0.25, -0.2) is 4.98 Å².